The molecule has 1 aromatic carbocycles. The lowest BCUT2D eigenvalue weighted by Crippen LogP contribution is -2.28. The van der Waals surface area contributed by atoms with Crippen molar-refractivity contribution in [2.45, 2.75) is 11.7 Å². The zero-order chi connectivity index (χ0) is 16.6. The van der Waals surface area contributed by atoms with E-state index in [-0.39, 0.29) is 18.2 Å². The van der Waals surface area contributed by atoms with Gasteiger partial charge in [-0.05, 0) is 12.1 Å². The van der Waals surface area contributed by atoms with E-state index in [0.29, 0.717) is 0 Å². The normalized spacial score (nSPS) is 13.0. The molecule has 13 heteroatoms. The summed E-state index contributed by atoms with van der Waals surface area (Å²) in [4.78, 5) is 8.93. The molecule has 0 atom stereocenters. The number of halogens is 6. The molecule has 0 N–H and O–H groups in total. The first kappa shape index (κ1) is 17.0. The molecule has 0 aliphatic heterocycles. The minimum absolute atomic E-state index is 0.0410. The minimum Gasteiger partial charge on any atom is -0.376 e. The lowest BCUT2D eigenvalue weighted by Gasteiger charge is -2.11. The van der Waals surface area contributed by atoms with E-state index < -0.39 is 43.7 Å². The molecule has 0 fully saturated rings. The maximum absolute atomic E-state index is 12.4. The van der Waals surface area contributed by atoms with Crippen molar-refractivity contribution >= 4 is 15.8 Å². The number of nitro groups is 1. The smallest absolute Gasteiger partial charge is 0.376 e. The summed E-state index contributed by atoms with van der Waals surface area (Å²) in [6.07, 6.45) is -5.15. The van der Waals surface area contributed by atoms with E-state index >= 15 is 0 Å². The Hall–Kier alpha value is -2.05. The van der Waals surface area contributed by atoms with Gasteiger partial charge in [0, 0.05) is 0 Å². The fourth-order valence-electron chi connectivity index (χ4n) is 1.13. The average molecular weight is 339 g/mol. The highest BCUT2D eigenvalue weighted by atomic mass is 32.2. The summed E-state index contributed by atoms with van der Waals surface area (Å²) in [5.74, 6) is -1.27. The Labute approximate surface area is 112 Å². The van der Waals surface area contributed by atoms with Crippen LogP contribution in [0.25, 0.3) is 0 Å². The molecule has 0 amide bonds. The first-order valence-electron chi connectivity index (χ1n) is 4.62. The van der Waals surface area contributed by atoms with Crippen LogP contribution in [0.3, 0.4) is 0 Å². The molecule has 1 aromatic rings. The van der Waals surface area contributed by atoms with Gasteiger partial charge in [0.15, 0.2) is 0 Å². The molecule has 0 saturated carbocycles. The molecule has 1 rings (SSSR count). The van der Waals surface area contributed by atoms with Crippen LogP contribution in [-0.2, 0) is 16.3 Å². The standard InChI is InChI=1S/C8H3F6NO5S/c9-7(10,11)5-2-1-4(3-6(5)15(16)17)20-21(18,19)8(12,13)14/h1-3H. The van der Waals surface area contributed by atoms with Gasteiger partial charge in [-0.1, -0.05) is 0 Å². The maximum Gasteiger partial charge on any atom is 0.534 e. The van der Waals surface area contributed by atoms with Crippen LogP contribution >= 0.6 is 0 Å². The Kier molecular flexibility index (Phi) is 4.09. The van der Waals surface area contributed by atoms with Crippen molar-refractivity contribution in [2.24, 2.45) is 0 Å². The van der Waals surface area contributed by atoms with Gasteiger partial charge in [0.2, 0.25) is 0 Å². The van der Waals surface area contributed by atoms with Gasteiger partial charge in [-0.2, -0.15) is 34.8 Å². The average Bonchev–Trinajstić information content (AvgIpc) is 2.25. The molecule has 0 saturated heterocycles. The summed E-state index contributed by atoms with van der Waals surface area (Å²) in [6, 6.07) is 0.199. The predicted octanol–water partition coefficient (Wildman–Crippen LogP) is 2.84. The van der Waals surface area contributed by atoms with Crippen LogP contribution in [0.5, 0.6) is 5.75 Å². The number of rotatable bonds is 3. The summed E-state index contributed by atoms with van der Waals surface area (Å²) in [6.45, 7) is 0. The van der Waals surface area contributed by atoms with Crippen LogP contribution < -0.4 is 4.18 Å². The number of benzene rings is 1. The highest BCUT2D eigenvalue weighted by Gasteiger charge is 2.49. The third kappa shape index (κ3) is 3.74. The molecule has 0 aliphatic rings. The van der Waals surface area contributed by atoms with Crippen molar-refractivity contribution in [2.75, 3.05) is 0 Å². The second kappa shape index (κ2) is 5.05. The third-order valence-electron chi connectivity index (χ3n) is 1.96. The highest BCUT2D eigenvalue weighted by Crippen LogP contribution is 2.38. The largest absolute Gasteiger partial charge is 0.534 e. The van der Waals surface area contributed by atoms with E-state index in [1.807, 2.05) is 0 Å². The summed E-state index contributed by atoms with van der Waals surface area (Å²) in [7, 11) is -6.15. The number of nitro benzene ring substituents is 1. The quantitative estimate of drug-likeness (QED) is 0.278. The van der Waals surface area contributed by atoms with E-state index in [4.69, 9.17) is 0 Å². The molecule has 6 nitrogen and oxygen atoms in total. The molecular formula is C8H3F6NO5S. The second-order valence-corrected chi connectivity index (χ2v) is 4.95. The van der Waals surface area contributed by atoms with Gasteiger partial charge < -0.3 is 4.18 Å². The van der Waals surface area contributed by atoms with Crippen LogP contribution in [0.4, 0.5) is 32.0 Å². The lowest BCUT2D eigenvalue weighted by molar-refractivity contribution is -0.388. The van der Waals surface area contributed by atoms with E-state index in [1.54, 1.807) is 0 Å². The molecule has 0 radical (unpaired) electrons. The number of alkyl halides is 6. The van der Waals surface area contributed by atoms with Gasteiger partial charge in [0.1, 0.15) is 11.3 Å². The summed E-state index contributed by atoms with van der Waals surface area (Å²) in [5, 5.41) is 10.5. The van der Waals surface area contributed by atoms with Crippen LogP contribution in [0.2, 0.25) is 0 Å². The third-order valence-corrected chi connectivity index (χ3v) is 2.94. The molecule has 0 aromatic heterocycles. The molecule has 0 heterocycles. The fourth-order valence-corrected chi connectivity index (χ4v) is 1.58. The van der Waals surface area contributed by atoms with E-state index in [9.17, 15) is 44.9 Å². The van der Waals surface area contributed by atoms with Gasteiger partial charge >= 0.3 is 21.8 Å². The van der Waals surface area contributed by atoms with E-state index in [1.165, 1.54) is 0 Å². The summed E-state index contributed by atoms with van der Waals surface area (Å²) in [5.41, 5.74) is -9.23. The van der Waals surface area contributed by atoms with Crippen molar-refractivity contribution in [1.29, 1.82) is 0 Å². The maximum atomic E-state index is 12.4. The number of hydrogen-bond acceptors (Lipinski definition) is 5. The van der Waals surface area contributed by atoms with Gasteiger partial charge in [-0.3, -0.25) is 10.1 Å². The summed E-state index contributed by atoms with van der Waals surface area (Å²) < 4.78 is 98.1. The second-order valence-electron chi connectivity index (χ2n) is 3.42. The Balaban J connectivity index is 3.32. The Morgan fingerprint density at radius 3 is 2.00 bits per heavy atom. The zero-order valence-electron chi connectivity index (χ0n) is 9.40. The van der Waals surface area contributed by atoms with Crippen molar-refractivity contribution in [3.8, 4) is 5.75 Å². The molecule has 0 aliphatic carbocycles. The van der Waals surface area contributed by atoms with Gasteiger partial charge in [-0.25, -0.2) is 0 Å². The van der Waals surface area contributed by atoms with Crippen LogP contribution in [-0.4, -0.2) is 18.8 Å². The topological polar surface area (TPSA) is 86.5 Å². The number of hydrogen-bond donors (Lipinski definition) is 0. The van der Waals surface area contributed by atoms with Crippen LogP contribution in [0.1, 0.15) is 5.56 Å². The first-order chi connectivity index (χ1) is 9.25. The first-order valence-corrected chi connectivity index (χ1v) is 6.03. The molecule has 21 heavy (non-hydrogen) atoms. The monoisotopic (exact) mass is 339 g/mol. The SMILES string of the molecule is O=[N+]([O-])c1cc(OS(=O)(=O)C(F)(F)F)ccc1C(F)(F)F. The highest BCUT2D eigenvalue weighted by molar-refractivity contribution is 7.88. The molecule has 118 valence electrons. The lowest BCUT2D eigenvalue weighted by atomic mass is 10.1. The van der Waals surface area contributed by atoms with Gasteiger partial charge in [0.25, 0.3) is 5.69 Å². The van der Waals surface area contributed by atoms with E-state index in [2.05, 4.69) is 4.18 Å². The minimum atomic E-state index is -6.15. The van der Waals surface area contributed by atoms with Crippen LogP contribution in [0, 0.1) is 10.1 Å². The van der Waals surface area contributed by atoms with Crippen molar-refractivity contribution < 1.29 is 43.9 Å². The van der Waals surface area contributed by atoms with Crippen molar-refractivity contribution in [1.82, 2.24) is 0 Å². The molecule has 0 spiro atoms. The number of nitrogens with zero attached hydrogens (tertiary/aromatic N) is 1. The van der Waals surface area contributed by atoms with Gasteiger partial charge in [-0.15, -0.1) is 0 Å². The Morgan fingerprint density at radius 1 is 1.10 bits per heavy atom. The molecule has 0 bridgehead atoms. The van der Waals surface area contributed by atoms with E-state index in [0.717, 1.165) is 0 Å². The van der Waals surface area contributed by atoms with Crippen LogP contribution in [0.15, 0.2) is 18.2 Å². The fraction of sp³-hybridized carbons (Fsp3) is 0.250. The van der Waals surface area contributed by atoms with Crippen molar-refractivity contribution in [3.05, 3.63) is 33.9 Å². The van der Waals surface area contributed by atoms with Crippen molar-refractivity contribution in [3.63, 3.8) is 0 Å². The molecule has 0 unspecified atom stereocenters. The summed E-state index contributed by atoms with van der Waals surface area (Å²) >= 11 is 0. The predicted molar refractivity (Wildman–Crippen MR) is 53.7 cm³/mol. The molecular weight excluding hydrogens is 336 g/mol. The Bertz CT molecular complexity index is 665. The van der Waals surface area contributed by atoms with Gasteiger partial charge in [0.05, 0.1) is 11.0 Å². The zero-order valence-corrected chi connectivity index (χ0v) is 10.2. The Morgan fingerprint density at radius 2 is 1.62 bits per heavy atom.